The molecule has 0 aliphatic carbocycles. The summed E-state index contributed by atoms with van der Waals surface area (Å²) in [5.74, 6) is 0. The zero-order valence-electron chi connectivity index (χ0n) is 22.9. The van der Waals surface area contributed by atoms with Crippen LogP contribution in [0, 0.1) is 0 Å². The van der Waals surface area contributed by atoms with E-state index >= 15 is 0 Å². The van der Waals surface area contributed by atoms with Crippen molar-refractivity contribution in [2.45, 2.75) is 0 Å². The molecule has 1 aromatic heterocycles. The maximum atomic E-state index is 6.12. The first-order chi connectivity index (χ1) is 20.8. The lowest BCUT2D eigenvalue weighted by atomic mass is 9.91. The lowest BCUT2D eigenvalue weighted by Crippen LogP contribution is -2.09. The lowest BCUT2D eigenvalue weighted by molar-refractivity contribution is 0.669. The van der Waals surface area contributed by atoms with Gasteiger partial charge in [0.15, 0.2) is 0 Å². The van der Waals surface area contributed by atoms with Crippen LogP contribution in [0.25, 0.3) is 55.0 Å². The highest BCUT2D eigenvalue weighted by molar-refractivity contribution is 6.06. The number of anilines is 3. The first-order valence-electron chi connectivity index (χ1n) is 14.3. The van der Waals surface area contributed by atoms with Gasteiger partial charge in [0.25, 0.3) is 0 Å². The van der Waals surface area contributed by atoms with Gasteiger partial charge in [0.2, 0.25) is 0 Å². The molecule has 0 radical (unpaired) electrons. The molecule has 0 N–H and O–H groups in total. The molecule has 2 nitrogen and oxygen atoms in total. The Morgan fingerprint density at radius 1 is 0.357 bits per heavy atom. The molecule has 8 aromatic rings. The van der Waals surface area contributed by atoms with Crippen molar-refractivity contribution in [3.05, 3.63) is 164 Å². The van der Waals surface area contributed by atoms with Gasteiger partial charge >= 0.3 is 0 Å². The zero-order valence-corrected chi connectivity index (χ0v) is 22.9. The summed E-state index contributed by atoms with van der Waals surface area (Å²) in [7, 11) is 0. The topological polar surface area (TPSA) is 16.4 Å². The van der Waals surface area contributed by atoms with E-state index in [4.69, 9.17) is 4.42 Å². The molecule has 198 valence electrons. The highest BCUT2D eigenvalue weighted by Gasteiger charge is 2.16. The number of hydrogen-bond donors (Lipinski definition) is 0. The summed E-state index contributed by atoms with van der Waals surface area (Å²) < 4.78 is 6.12. The predicted molar refractivity (Wildman–Crippen MR) is 177 cm³/mol. The molecule has 0 bridgehead atoms. The third kappa shape index (κ3) is 4.22. The Labute approximate surface area is 244 Å². The van der Waals surface area contributed by atoms with Gasteiger partial charge in [0, 0.05) is 27.8 Å². The minimum absolute atomic E-state index is 0.896. The molecular weight excluding hydrogens is 510 g/mol. The van der Waals surface area contributed by atoms with Gasteiger partial charge in [-0.1, -0.05) is 103 Å². The standard InChI is InChI=1S/C40H27NO/c1-3-11-28(12-4-1)36-25-30-13-7-8-14-31(30)26-37(36)29-19-21-33(22-20-29)41(32-15-5-2-6-16-32)34-23-24-40-38(27-34)35-17-9-10-18-39(35)42-40/h1-27H. The first-order valence-corrected chi connectivity index (χ1v) is 14.3. The largest absolute Gasteiger partial charge is 0.456 e. The molecule has 0 saturated carbocycles. The van der Waals surface area contributed by atoms with E-state index in [1.54, 1.807) is 0 Å². The van der Waals surface area contributed by atoms with Gasteiger partial charge in [-0.25, -0.2) is 0 Å². The number of nitrogens with zero attached hydrogens (tertiary/aromatic N) is 1. The number of rotatable bonds is 5. The molecule has 0 spiro atoms. The smallest absolute Gasteiger partial charge is 0.135 e. The number of hydrogen-bond acceptors (Lipinski definition) is 2. The molecule has 8 rings (SSSR count). The normalized spacial score (nSPS) is 11.3. The second-order valence-electron chi connectivity index (χ2n) is 10.6. The van der Waals surface area contributed by atoms with E-state index in [-0.39, 0.29) is 0 Å². The number of benzene rings is 7. The Morgan fingerprint density at radius 3 is 1.60 bits per heavy atom. The van der Waals surface area contributed by atoms with E-state index in [1.807, 2.05) is 12.1 Å². The van der Waals surface area contributed by atoms with Crippen molar-refractivity contribution in [1.82, 2.24) is 0 Å². The van der Waals surface area contributed by atoms with Gasteiger partial charge in [-0.05, 0) is 93.7 Å². The SMILES string of the molecule is c1ccc(-c2cc3ccccc3cc2-c2ccc(N(c3ccccc3)c3ccc4oc5ccccc5c4c3)cc2)cc1. The molecule has 2 heteroatoms. The van der Waals surface area contributed by atoms with E-state index in [2.05, 4.69) is 157 Å². The fourth-order valence-corrected chi connectivity index (χ4v) is 6.00. The van der Waals surface area contributed by atoms with Crippen LogP contribution >= 0.6 is 0 Å². The molecule has 0 atom stereocenters. The zero-order chi connectivity index (χ0) is 27.9. The maximum Gasteiger partial charge on any atom is 0.135 e. The molecule has 0 fully saturated rings. The monoisotopic (exact) mass is 537 g/mol. The predicted octanol–water partition coefficient (Wildman–Crippen LogP) is 11.5. The second kappa shape index (κ2) is 10.1. The molecule has 0 aliphatic heterocycles. The maximum absolute atomic E-state index is 6.12. The summed E-state index contributed by atoms with van der Waals surface area (Å²) in [6.45, 7) is 0. The first kappa shape index (κ1) is 24.2. The summed E-state index contributed by atoms with van der Waals surface area (Å²) in [6, 6.07) is 58.1. The van der Waals surface area contributed by atoms with Gasteiger partial charge in [-0.2, -0.15) is 0 Å². The van der Waals surface area contributed by atoms with Crippen molar-refractivity contribution >= 4 is 49.8 Å². The molecule has 0 aliphatic rings. The van der Waals surface area contributed by atoms with Crippen LogP contribution in [0.1, 0.15) is 0 Å². The minimum Gasteiger partial charge on any atom is -0.456 e. The minimum atomic E-state index is 0.896. The van der Waals surface area contributed by atoms with Crippen LogP contribution < -0.4 is 4.90 Å². The fraction of sp³-hybridized carbons (Fsp3) is 0. The van der Waals surface area contributed by atoms with E-state index in [0.29, 0.717) is 0 Å². The van der Waals surface area contributed by atoms with Gasteiger partial charge in [0.1, 0.15) is 11.2 Å². The van der Waals surface area contributed by atoms with Crippen molar-refractivity contribution in [1.29, 1.82) is 0 Å². The van der Waals surface area contributed by atoms with Crippen molar-refractivity contribution < 1.29 is 4.42 Å². The van der Waals surface area contributed by atoms with Crippen molar-refractivity contribution in [2.75, 3.05) is 4.90 Å². The molecule has 7 aromatic carbocycles. The summed E-state index contributed by atoms with van der Waals surface area (Å²) in [4.78, 5) is 2.31. The quantitative estimate of drug-likeness (QED) is 0.217. The van der Waals surface area contributed by atoms with Gasteiger partial charge in [-0.3, -0.25) is 0 Å². The van der Waals surface area contributed by atoms with Gasteiger partial charge < -0.3 is 9.32 Å². The van der Waals surface area contributed by atoms with E-state index in [1.165, 1.54) is 33.0 Å². The Balaban J connectivity index is 1.26. The van der Waals surface area contributed by atoms with E-state index in [0.717, 1.165) is 39.0 Å². The third-order valence-corrected chi connectivity index (χ3v) is 8.04. The fourth-order valence-electron chi connectivity index (χ4n) is 6.00. The molecule has 42 heavy (non-hydrogen) atoms. The highest BCUT2D eigenvalue weighted by atomic mass is 16.3. The van der Waals surface area contributed by atoms with Gasteiger partial charge in [-0.15, -0.1) is 0 Å². The van der Waals surface area contributed by atoms with Crippen LogP contribution in [0.15, 0.2) is 168 Å². The molecule has 0 amide bonds. The Kier molecular flexibility index (Phi) is 5.82. The number of fused-ring (bicyclic) bond motifs is 4. The molecular formula is C40H27NO. The highest BCUT2D eigenvalue weighted by Crippen LogP contribution is 2.41. The van der Waals surface area contributed by atoms with Crippen LogP contribution in [0.4, 0.5) is 17.1 Å². The molecule has 0 saturated heterocycles. The van der Waals surface area contributed by atoms with Crippen LogP contribution in [0.5, 0.6) is 0 Å². The average Bonchev–Trinajstić information content (AvgIpc) is 3.44. The summed E-state index contributed by atoms with van der Waals surface area (Å²) >= 11 is 0. The number of para-hydroxylation sites is 2. The van der Waals surface area contributed by atoms with Crippen LogP contribution in [0.3, 0.4) is 0 Å². The second-order valence-corrected chi connectivity index (χ2v) is 10.6. The summed E-state index contributed by atoms with van der Waals surface area (Å²) in [5.41, 5.74) is 9.96. The van der Waals surface area contributed by atoms with Crippen LogP contribution in [-0.2, 0) is 0 Å². The number of furan rings is 1. The Hall–Kier alpha value is -5.60. The van der Waals surface area contributed by atoms with E-state index < -0.39 is 0 Å². The molecule has 0 unspecified atom stereocenters. The van der Waals surface area contributed by atoms with Crippen LogP contribution in [0.2, 0.25) is 0 Å². The van der Waals surface area contributed by atoms with Crippen molar-refractivity contribution in [3.8, 4) is 22.3 Å². The Morgan fingerprint density at radius 2 is 0.881 bits per heavy atom. The summed E-state index contributed by atoms with van der Waals surface area (Å²) in [6.07, 6.45) is 0. The summed E-state index contributed by atoms with van der Waals surface area (Å²) in [5, 5.41) is 4.73. The van der Waals surface area contributed by atoms with Crippen molar-refractivity contribution in [2.24, 2.45) is 0 Å². The van der Waals surface area contributed by atoms with E-state index in [9.17, 15) is 0 Å². The average molecular weight is 538 g/mol. The van der Waals surface area contributed by atoms with Gasteiger partial charge in [0.05, 0.1) is 0 Å². The van der Waals surface area contributed by atoms with Crippen LogP contribution in [-0.4, -0.2) is 0 Å². The lowest BCUT2D eigenvalue weighted by Gasteiger charge is -2.26. The third-order valence-electron chi connectivity index (χ3n) is 8.04. The van der Waals surface area contributed by atoms with Crippen molar-refractivity contribution in [3.63, 3.8) is 0 Å². The molecule has 1 heterocycles. The Bertz CT molecular complexity index is 2180.